The Balaban J connectivity index is 0. The monoisotopic (exact) mass is 125 g/mol. The van der Waals surface area contributed by atoms with Crippen LogP contribution < -0.4 is 5.73 Å². The number of guanidine groups is 1. The van der Waals surface area contributed by atoms with Gasteiger partial charge in [0.15, 0.2) is 0 Å². The van der Waals surface area contributed by atoms with Crippen LogP contribution in [0.4, 0.5) is 0 Å². The zero-order chi connectivity index (χ0) is 5.15. The molecule has 0 spiro atoms. The number of nitrogens with one attached hydrogen (secondary N) is 1. The second-order valence-corrected chi connectivity index (χ2v) is 0.642. The van der Waals surface area contributed by atoms with Crippen LogP contribution in [0.25, 0.3) is 0 Å². The second kappa shape index (κ2) is 3.35. The molecule has 0 saturated heterocycles. The molecule has 0 aliphatic carbocycles. The summed E-state index contributed by atoms with van der Waals surface area (Å²) in [6, 6.07) is 0. The average Bonchev–Trinajstić information content (AvgIpc) is 1.36. The van der Waals surface area contributed by atoms with Crippen molar-refractivity contribution in [2.45, 2.75) is 0 Å². The molecule has 0 aliphatic heterocycles. The molecular weight excluding hydrogens is 121 g/mol. The minimum Gasteiger partial charge on any atom is -0.390 e. The lowest BCUT2D eigenvalue weighted by Gasteiger charge is -1.84. The van der Waals surface area contributed by atoms with Gasteiger partial charge in [0.2, 0.25) is 0 Å². The molecule has 0 fully saturated rings. The van der Waals surface area contributed by atoms with Crippen molar-refractivity contribution in [3.63, 3.8) is 0 Å². The van der Waals surface area contributed by atoms with E-state index in [2.05, 4.69) is 5.73 Å². The lowest BCUT2D eigenvalue weighted by atomic mass is 11.1. The molecule has 3 N–H and O–H groups in total. The van der Waals surface area contributed by atoms with E-state index in [9.17, 15) is 0 Å². The van der Waals surface area contributed by atoms with Crippen molar-refractivity contribution in [2.24, 2.45) is 5.73 Å². The highest BCUT2D eigenvalue weighted by Crippen LogP contribution is 1.56. The third-order valence-corrected chi connectivity index (χ3v) is 0.197. The summed E-state index contributed by atoms with van der Waals surface area (Å²) in [6.45, 7) is 0. The van der Waals surface area contributed by atoms with Gasteiger partial charge in [-0.05, 0) is 4.92 Å². The first kappa shape index (κ1) is 9.48. The number of nitrogens with two attached hydrogens (primary N) is 1. The first-order valence-corrected chi connectivity index (χ1v) is 1.13. The standard InChI is InChI=1S/CH3N3O2.ClH/c2-1(3)4(5)6;/h(H3,2,3);1H. The summed E-state index contributed by atoms with van der Waals surface area (Å²) in [7, 11) is 0. The van der Waals surface area contributed by atoms with E-state index in [1.165, 1.54) is 0 Å². The third kappa shape index (κ3) is 5.16. The second-order valence-electron chi connectivity index (χ2n) is 0.642. The van der Waals surface area contributed by atoms with Gasteiger partial charge in [-0.25, -0.2) is 0 Å². The molecule has 7 heavy (non-hydrogen) atoms. The number of halogens is 1. The Kier molecular flexibility index (Phi) is 4.54. The van der Waals surface area contributed by atoms with Crippen molar-refractivity contribution in [3.05, 3.63) is 10.1 Å². The predicted molar refractivity (Wildman–Crippen MR) is 26.2 cm³/mol. The summed E-state index contributed by atoms with van der Waals surface area (Å²) in [5, 5.41) is 15.2. The fourth-order valence-corrected chi connectivity index (χ4v) is 0. The third-order valence-electron chi connectivity index (χ3n) is 0.197. The molecule has 0 saturated carbocycles. The summed E-state index contributed by atoms with van der Waals surface area (Å²) in [4.78, 5) is 8.18. The van der Waals surface area contributed by atoms with Crippen LogP contribution in [0.5, 0.6) is 0 Å². The number of nitro groups is 1. The van der Waals surface area contributed by atoms with Crippen LogP contribution in [0.1, 0.15) is 0 Å². The largest absolute Gasteiger partial charge is 0.417 e. The normalized spacial score (nSPS) is 6.29. The summed E-state index contributed by atoms with van der Waals surface area (Å²) < 4.78 is 0. The number of rotatable bonds is 0. The van der Waals surface area contributed by atoms with Gasteiger partial charge >= 0.3 is 5.96 Å². The van der Waals surface area contributed by atoms with Crippen LogP contribution in [0.15, 0.2) is 0 Å². The van der Waals surface area contributed by atoms with Crippen LogP contribution in [0, 0.1) is 15.5 Å². The average molecular weight is 126 g/mol. The van der Waals surface area contributed by atoms with Crippen molar-refractivity contribution >= 4 is 18.4 Å². The van der Waals surface area contributed by atoms with Gasteiger partial charge in [-0.3, -0.25) is 5.73 Å². The lowest BCUT2D eigenvalue weighted by Crippen LogP contribution is -2.19. The molecule has 0 heterocycles. The smallest absolute Gasteiger partial charge is 0.390 e. The van der Waals surface area contributed by atoms with Crippen molar-refractivity contribution < 1.29 is 4.92 Å². The van der Waals surface area contributed by atoms with Crippen LogP contribution in [0.2, 0.25) is 0 Å². The molecule has 0 bridgehead atoms. The maximum atomic E-state index is 9.16. The highest BCUT2D eigenvalue weighted by atomic mass is 35.5. The fourth-order valence-electron chi connectivity index (χ4n) is 0. The fraction of sp³-hybridized carbons (Fsp3) is 0. The number of hydrogen-bond acceptors (Lipinski definition) is 3. The molecular formula is CH4ClN3O2. The Morgan fingerprint density at radius 1 is 1.86 bits per heavy atom. The van der Waals surface area contributed by atoms with Crippen molar-refractivity contribution in [1.82, 2.24) is 0 Å². The van der Waals surface area contributed by atoms with E-state index in [1.54, 1.807) is 0 Å². The van der Waals surface area contributed by atoms with E-state index in [-0.39, 0.29) is 12.4 Å². The van der Waals surface area contributed by atoms with Crippen molar-refractivity contribution in [1.29, 1.82) is 5.41 Å². The highest BCUT2D eigenvalue weighted by Gasteiger charge is 1.90. The Morgan fingerprint density at radius 2 is 2.00 bits per heavy atom. The summed E-state index contributed by atoms with van der Waals surface area (Å²) >= 11 is 0. The molecule has 0 unspecified atom stereocenters. The van der Waals surface area contributed by atoms with Gasteiger partial charge in [0.1, 0.15) is 0 Å². The summed E-state index contributed by atoms with van der Waals surface area (Å²) in [6.07, 6.45) is 0. The molecule has 0 aromatic rings. The Bertz CT molecular complexity index is 78.9. The van der Waals surface area contributed by atoms with Gasteiger partial charge in [-0.2, -0.15) is 0 Å². The predicted octanol–water partition coefficient (Wildman–Crippen LogP) is -0.422. The van der Waals surface area contributed by atoms with Gasteiger partial charge in [0, 0.05) is 0 Å². The first-order chi connectivity index (χ1) is 2.64. The van der Waals surface area contributed by atoms with E-state index in [1.807, 2.05) is 0 Å². The van der Waals surface area contributed by atoms with Crippen LogP contribution in [-0.2, 0) is 0 Å². The SMILES string of the molecule is Cl.N=C(N)[N+](=O)[O-]. The van der Waals surface area contributed by atoms with Gasteiger partial charge in [0.05, 0.1) is 0 Å². The highest BCUT2D eigenvalue weighted by molar-refractivity contribution is 5.85. The first-order valence-electron chi connectivity index (χ1n) is 1.13. The topological polar surface area (TPSA) is 93.0 Å². The van der Waals surface area contributed by atoms with E-state index in [0.717, 1.165) is 0 Å². The lowest BCUT2D eigenvalue weighted by molar-refractivity contribution is -0.353. The van der Waals surface area contributed by atoms with Crippen LogP contribution in [0.3, 0.4) is 0 Å². The van der Waals surface area contributed by atoms with E-state index < -0.39 is 10.9 Å². The quantitative estimate of drug-likeness (QED) is 0.199. The molecule has 0 atom stereocenters. The summed E-state index contributed by atoms with van der Waals surface area (Å²) in [5.41, 5.74) is 4.32. The number of nitrogens with zero attached hydrogens (tertiary/aromatic N) is 1. The number of hydrogen-bond donors (Lipinski definition) is 2. The maximum Gasteiger partial charge on any atom is 0.417 e. The molecule has 0 aromatic heterocycles. The van der Waals surface area contributed by atoms with Crippen LogP contribution in [-0.4, -0.2) is 10.9 Å². The minimum atomic E-state index is -1.02. The Hall–Kier alpha value is -0.840. The van der Waals surface area contributed by atoms with E-state index in [4.69, 9.17) is 15.5 Å². The molecule has 0 aromatic carbocycles. The molecule has 6 heteroatoms. The van der Waals surface area contributed by atoms with Crippen molar-refractivity contribution in [2.75, 3.05) is 0 Å². The Morgan fingerprint density at radius 3 is 2.00 bits per heavy atom. The molecule has 0 amide bonds. The van der Waals surface area contributed by atoms with Gasteiger partial charge in [-0.15, -0.1) is 17.8 Å². The van der Waals surface area contributed by atoms with Crippen LogP contribution >= 0.6 is 12.4 Å². The van der Waals surface area contributed by atoms with Gasteiger partial charge in [-0.1, -0.05) is 0 Å². The van der Waals surface area contributed by atoms with Crippen molar-refractivity contribution in [3.8, 4) is 0 Å². The molecule has 0 aliphatic rings. The zero-order valence-corrected chi connectivity index (χ0v) is 4.07. The summed E-state index contributed by atoms with van der Waals surface area (Å²) in [5.74, 6) is -1.02. The van der Waals surface area contributed by atoms with E-state index >= 15 is 0 Å². The zero-order valence-electron chi connectivity index (χ0n) is 3.25. The van der Waals surface area contributed by atoms with E-state index in [0.29, 0.717) is 0 Å². The Labute approximate surface area is 45.6 Å². The minimum absolute atomic E-state index is 0. The molecule has 42 valence electrons. The molecule has 5 nitrogen and oxygen atoms in total. The maximum absolute atomic E-state index is 9.16. The van der Waals surface area contributed by atoms with Gasteiger partial charge in [0.25, 0.3) is 0 Å². The molecule has 0 radical (unpaired) electrons. The molecule has 0 rings (SSSR count). The van der Waals surface area contributed by atoms with Gasteiger partial charge < -0.3 is 10.1 Å².